The lowest BCUT2D eigenvalue weighted by Crippen LogP contribution is -2.04. The molecule has 0 aliphatic carbocycles. The Labute approximate surface area is 110 Å². The van der Waals surface area contributed by atoms with Crippen LogP contribution < -0.4 is 5.32 Å². The molecule has 2 rings (SSSR count). The first-order valence-electron chi connectivity index (χ1n) is 6.08. The fourth-order valence-corrected chi connectivity index (χ4v) is 1.88. The first-order chi connectivity index (χ1) is 9.06. The summed E-state index contributed by atoms with van der Waals surface area (Å²) in [5.74, 6) is 0.389. The second-order valence-corrected chi connectivity index (χ2v) is 4.07. The molecule has 8 nitrogen and oxygen atoms in total. The molecule has 2 aromatic heterocycles. The number of rotatable bonds is 5. The first-order valence-corrected chi connectivity index (χ1v) is 6.08. The lowest BCUT2D eigenvalue weighted by molar-refractivity contribution is -0.384. The van der Waals surface area contributed by atoms with Gasteiger partial charge in [-0.2, -0.15) is 10.2 Å². The summed E-state index contributed by atoms with van der Waals surface area (Å²) < 4.78 is 3.32. The maximum Gasteiger partial charge on any atom is 0.334 e. The third-order valence-electron chi connectivity index (χ3n) is 2.80. The van der Waals surface area contributed by atoms with Crippen molar-refractivity contribution in [1.29, 1.82) is 0 Å². The predicted molar refractivity (Wildman–Crippen MR) is 70.5 cm³/mol. The van der Waals surface area contributed by atoms with E-state index in [0.717, 1.165) is 6.54 Å². The molecule has 2 heterocycles. The second-order valence-electron chi connectivity index (χ2n) is 4.07. The van der Waals surface area contributed by atoms with Crippen LogP contribution >= 0.6 is 0 Å². The summed E-state index contributed by atoms with van der Waals surface area (Å²) in [4.78, 5) is 10.7. The number of nitrogens with one attached hydrogen (secondary N) is 1. The third-order valence-corrected chi connectivity index (χ3v) is 2.80. The summed E-state index contributed by atoms with van der Waals surface area (Å²) in [6.45, 7) is 6.79. The summed E-state index contributed by atoms with van der Waals surface area (Å²) in [6, 6.07) is 0. The number of hydrogen-bond donors (Lipinski definition) is 1. The molecule has 0 radical (unpaired) electrons. The minimum Gasteiger partial charge on any atom is -0.332 e. The highest BCUT2D eigenvalue weighted by molar-refractivity contribution is 5.66. The summed E-state index contributed by atoms with van der Waals surface area (Å²) in [5.41, 5.74) is 1.11. The molecule has 102 valence electrons. The van der Waals surface area contributed by atoms with E-state index in [1.54, 1.807) is 28.7 Å². The summed E-state index contributed by atoms with van der Waals surface area (Å²) in [6.07, 6.45) is 3.43. The molecule has 8 heteroatoms. The Bertz CT molecular complexity index is 600. The van der Waals surface area contributed by atoms with E-state index in [2.05, 4.69) is 15.5 Å². The summed E-state index contributed by atoms with van der Waals surface area (Å²) in [7, 11) is 0. The molecular formula is C11H16N6O2. The topological polar surface area (TPSA) is 90.8 Å². The molecular weight excluding hydrogens is 248 g/mol. The van der Waals surface area contributed by atoms with Crippen LogP contribution in [-0.4, -0.2) is 24.5 Å². The minimum atomic E-state index is -0.416. The van der Waals surface area contributed by atoms with Crippen molar-refractivity contribution in [2.45, 2.75) is 33.9 Å². The molecule has 0 fully saturated rings. The van der Waals surface area contributed by atoms with Gasteiger partial charge < -0.3 is 5.32 Å². The standard InChI is InChI=1S/C11H16N6O2/c1-4-15-7-9(6-12-15)13-11-10(17(18)19)8(3)14-16(11)5-2/h6-7,13H,4-5H2,1-3H3. The highest BCUT2D eigenvalue weighted by atomic mass is 16.6. The number of aryl methyl sites for hydroxylation is 3. The Kier molecular flexibility index (Phi) is 3.50. The molecule has 0 saturated heterocycles. The van der Waals surface area contributed by atoms with E-state index >= 15 is 0 Å². The van der Waals surface area contributed by atoms with Crippen LogP contribution in [0.5, 0.6) is 0 Å². The van der Waals surface area contributed by atoms with Crippen molar-refractivity contribution in [2.75, 3.05) is 5.32 Å². The Hall–Kier alpha value is -2.38. The van der Waals surface area contributed by atoms with Crippen LogP contribution in [0.2, 0.25) is 0 Å². The third kappa shape index (κ3) is 2.42. The quantitative estimate of drug-likeness (QED) is 0.659. The smallest absolute Gasteiger partial charge is 0.332 e. The molecule has 19 heavy (non-hydrogen) atoms. The van der Waals surface area contributed by atoms with Crippen LogP contribution in [0.1, 0.15) is 19.5 Å². The number of aromatic nitrogens is 4. The van der Waals surface area contributed by atoms with Crippen LogP contribution in [0.15, 0.2) is 12.4 Å². The van der Waals surface area contributed by atoms with Crippen molar-refractivity contribution in [2.24, 2.45) is 0 Å². The molecule has 0 aliphatic rings. The highest BCUT2D eigenvalue weighted by Crippen LogP contribution is 2.30. The molecule has 0 amide bonds. The van der Waals surface area contributed by atoms with Crippen LogP contribution in [0.3, 0.4) is 0 Å². The number of nitrogens with zero attached hydrogens (tertiary/aromatic N) is 5. The zero-order valence-electron chi connectivity index (χ0n) is 11.1. The largest absolute Gasteiger partial charge is 0.334 e. The minimum absolute atomic E-state index is 0.00565. The van der Waals surface area contributed by atoms with Gasteiger partial charge in [-0.15, -0.1) is 0 Å². The maximum absolute atomic E-state index is 11.1. The summed E-state index contributed by atoms with van der Waals surface area (Å²) in [5, 5.41) is 22.4. The fraction of sp³-hybridized carbons (Fsp3) is 0.455. The first kappa shape index (κ1) is 13.1. The zero-order valence-corrected chi connectivity index (χ0v) is 11.1. The van der Waals surface area contributed by atoms with E-state index in [4.69, 9.17) is 0 Å². The molecule has 0 bridgehead atoms. The van der Waals surface area contributed by atoms with Crippen LogP contribution in [0, 0.1) is 17.0 Å². The molecule has 1 N–H and O–H groups in total. The van der Waals surface area contributed by atoms with E-state index in [1.165, 1.54) is 0 Å². The van der Waals surface area contributed by atoms with Gasteiger partial charge in [0.2, 0.25) is 5.82 Å². The van der Waals surface area contributed by atoms with E-state index in [0.29, 0.717) is 23.7 Å². The van der Waals surface area contributed by atoms with Gasteiger partial charge in [-0.05, 0) is 20.8 Å². The molecule has 0 aliphatic heterocycles. The molecule has 2 aromatic rings. The Morgan fingerprint density at radius 1 is 1.42 bits per heavy atom. The summed E-state index contributed by atoms with van der Waals surface area (Å²) >= 11 is 0. The van der Waals surface area contributed by atoms with Crippen LogP contribution in [-0.2, 0) is 13.1 Å². The van der Waals surface area contributed by atoms with Crippen molar-refractivity contribution >= 4 is 17.2 Å². The van der Waals surface area contributed by atoms with E-state index in [9.17, 15) is 10.1 Å². The second kappa shape index (κ2) is 5.09. The average molecular weight is 264 g/mol. The lowest BCUT2D eigenvalue weighted by Gasteiger charge is -2.04. The van der Waals surface area contributed by atoms with Gasteiger partial charge in [-0.25, -0.2) is 4.68 Å². The number of hydrogen-bond acceptors (Lipinski definition) is 5. The molecule has 0 spiro atoms. The normalized spacial score (nSPS) is 10.7. The van der Waals surface area contributed by atoms with Gasteiger partial charge in [0.15, 0.2) is 0 Å². The Morgan fingerprint density at radius 3 is 2.68 bits per heavy atom. The fourth-order valence-electron chi connectivity index (χ4n) is 1.88. The van der Waals surface area contributed by atoms with E-state index in [-0.39, 0.29) is 5.69 Å². The van der Waals surface area contributed by atoms with Crippen molar-refractivity contribution in [1.82, 2.24) is 19.6 Å². The van der Waals surface area contributed by atoms with Crippen molar-refractivity contribution in [3.63, 3.8) is 0 Å². The van der Waals surface area contributed by atoms with Gasteiger partial charge in [-0.1, -0.05) is 0 Å². The maximum atomic E-state index is 11.1. The van der Waals surface area contributed by atoms with Gasteiger partial charge in [0.05, 0.1) is 16.8 Å². The molecule has 0 aromatic carbocycles. The highest BCUT2D eigenvalue weighted by Gasteiger charge is 2.25. The number of anilines is 2. The Morgan fingerprint density at radius 2 is 2.16 bits per heavy atom. The van der Waals surface area contributed by atoms with Crippen LogP contribution in [0.25, 0.3) is 0 Å². The lowest BCUT2D eigenvalue weighted by atomic mass is 10.3. The van der Waals surface area contributed by atoms with Crippen molar-refractivity contribution in [3.8, 4) is 0 Å². The molecule has 0 unspecified atom stereocenters. The van der Waals surface area contributed by atoms with Crippen molar-refractivity contribution < 1.29 is 4.92 Å². The van der Waals surface area contributed by atoms with Gasteiger partial charge in [0.25, 0.3) is 0 Å². The van der Waals surface area contributed by atoms with Gasteiger partial charge in [0.1, 0.15) is 5.69 Å². The molecule has 0 saturated carbocycles. The van der Waals surface area contributed by atoms with E-state index in [1.807, 2.05) is 13.8 Å². The number of nitro groups is 1. The molecule has 0 atom stereocenters. The van der Waals surface area contributed by atoms with Gasteiger partial charge in [-0.3, -0.25) is 14.8 Å². The van der Waals surface area contributed by atoms with Gasteiger partial charge in [0, 0.05) is 19.3 Å². The van der Waals surface area contributed by atoms with Crippen molar-refractivity contribution in [3.05, 3.63) is 28.2 Å². The Balaban J connectivity index is 2.40. The van der Waals surface area contributed by atoms with Gasteiger partial charge >= 0.3 is 5.69 Å². The average Bonchev–Trinajstić information content (AvgIpc) is 2.94. The van der Waals surface area contributed by atoms with E-state index < -0.39 is 4.92 Å². The van der Waals surface area contributed by atoms with Crippen LogP contribution in [0.4, 0.5) is 17.2 Å². The SMILES string of the molecule is CCn1cc(Nc2c([N+](=O)[O-])c(C)nn2CC)cn1. The zero-order chi connectivity index (χ0) is 14.0. The predicted octanol–water partition coefficient (Wildman–Crippen LogP) is 2.08. The monoisotopic (exact) mass is 264 g/mol.